The van der Waals surface area contributed by atoms with Crippen molar-refractivity contribution in [1.82, 2.24) is 9.47 Å². The van der Waals surface area contributed by atoms with Gasteiger partial charge in [0.25, 0.3) is 5.91 Å². The highest BCUT2D eigenvalue weighted by atomic mass is 35.5. The zero-order valence-electron chi connectivity index (χ0n) is 9.20. The quantitative estimate of drug-likeness (QED) is 0.844. The van der Waals surface area contributed by atoms with Crippen LogP contribution in [-0.4, -0.2) is 35.0 Å². The molecule has 1 atom stereocenters. The predicted octanol–water partition coefficient (Wildman–Crippen LogP) is 1.10. The van der Waals surface area contributed by atoms with Gasteiger partial charge in [-0.3, -0.25) is 4.79 Å². The van der Waals surface area contributed by atoms with E-state index < -0.39 is 0 Å². The molecule has 5 heteroatoms. The Morgan fingerprint density at radius 2 is 2.33 bits per heavy atom. The van der Waals surface area contributed by atoms with E-state index in [0.29, 0.717) is 17.3 Å². The number of aromatic nitrogens is 1. The van der Waals surface area contributed by atoms with Crippen LogP contribution in [0.1, 0.15) is 17.4 Å². The van der Waals surface area contributed by atoms with Crippen molar-refractivity contribution >= 4 is 17.5 Å². The number of amides is 1. The Balaban J connectivity index is 2.89. The minimum absolute atomic E-state index is 0.0196. The molecule has 0 aliphatic rings. The van der Waals surface area contributed by atoms with Crippen molar-refractivity contribution in [2.24, 2.45) is 12.8 Å². The highest BCUT2D eigenvalue weighted by Gasteiger charge is 2.19. The lowest BCUT2D eigenvalue weighted by molar-refractivity contribution is 0.0739. The fraction of sp³-hybridized carbons (Fsp3) is 0.500. The molecule has 1 unspecified atom stereocenters. The summed E-state index contributed by atoms with van der Waals surface area (Å²) >= 11 is 5.81. The Hall–Kier alpha value is -1.00. The summed E-state index contributed by atoms with van der Waals surface area (Å²) in [6.07, 6.45) is 1.70. The Labute approximate surface area is 94.6 Å². The SMILES string of the molecule is CC(CN)N(C)C(=O)c1cc(Cl)cn1C. The highest BCUT2D eigenvalue weighted by Crippen LogP contribution is 2.14. The van der Waals surface area contributed by atoms with Crippen LogP contribution in [0.25, 0.3) is 0 Å². The van der Waals surface area contributed by atoms with Crippen molar-refractivity contribution in [3.05, 3.63) is 23.0 Å². The first-order chi connectivity index (χ1) is 6.97. The topological polar surface area (TPSA) is 51.3 Å². The average molecular weight is 230 g/mol. The number of carbonyl (C=O) groups excluding carboxylic acids is 1. The molecule has 15 heavy (non-hydrogen) atoms. The number of hydrogen-bond acceptors (Lipinski definition) is 2. The average Bonchev–Trinajstić information content (AvgIpc) is 2.54. The van der Waals surface area contributed by atoms with Crippen molar-refractivity contribution < 1.29 is 4.79 Å². The second-order valence-electron chi connectivity index (χ2n) is 3.66. The molecule has 4 nitrogen and oxygen atoms in total. The van der Waals surface area contributed by atoms with Gasteiger partial charge in [-0.25, -0.2) is 0 Å². The molecule has 0 aromatic carbocycles. The van der Waals surface area contributed by atoms with Crippen LogP contribution in [0, 0.1) is 0 Å². The van der Waals surface area contributed by atoms with Gasteiger partial charge in [0.15, 0.2) is 0 Å². The molecule has 0 radical (unpaired) electrons. The second kappa shape index (κ2) is 4.68. The first kappa shape index (κ1) is 12.1. The molecule has 1 aromatic heterocycles. The standard InChI is InChI=1S/C10H16ClN3O/c1-7(5-12)14(3)10(15)9-4-8(11)6-13(9)2/h4,6-7H,5,12H2,1-3H3. The maximum absolute atomic E-state index is 12.0. The molecule has 0 saturated heterocycles. The molecule has 2 N–H and O–H groups in total. The minimum atomic E-state index is -0.0673. The predicted molar refractivity (Wildman–Crippen MR) is 61.0 cm³/mol. The number of carbonyl (C=O) groups is 1. The summed E-state index contributed by atoms with van der Waals surface area (Å²) in [5, 5.41) is 0.564. The maximum atomic E-state index is 12.0. The smallest absolute Gasteiger partial charge is 0.270 e. The zero-order valence-corrected chi connectivity index (χ0v) is 9.95. The molecule has 0 aliphatic heterocycles. The van der Waals surface area contributed by atoms with Crippen LogP contribution >= 0.6 is 11.6 Å². The third-order valence-corrected chi connectivity index (χ3v) is 2.72. The number of rotatable bonds is 3. The summed E-state index contributed by atoms with van der Waals surface area (Å²) in [5.41, 5.74) is 6.08. The Morgan fingerprint density at radius 1 is 1.73 bits per heavy atom. The molecular formula is C10H16ClN3O. The zero-order chi connectivity index (χ0) is 11.6. The van der Waals surface area contributed by atoms with Crippen LogP contribution in [0.2, 0.25) is 5.02 Å². The number of halogens is 1. The summed E-state index contributed by atoms with van der Waals surface area (Å²) in [6, 6.07) is 1.68. The van der Waals surface area contributed by atoms with Crippen LogP contribution in [0.4, 0.5) is 0 Å². The van der Waals surface area contributed by atoms with E-state index in [-0.39, 0.29) is 11.9 Å². The van der Waals surface area contributed by atoms with Crippen LogP contribution in [0.3, 0.4) is 0 Å². The second-order valence-corrected chi connectivity index (χ2v) is 4.09. The van der Waals surface area contributed by atoms with E-state index in [1.807, 2.05) is 6.92 Å². The third-order valence-electron chi connectivity index (χ3n) is 2.51. The van der Waals surface area contributed by atoms with Gasteiger partial charge in [0, 0.05) is 32.9 Å². The van der Waals surface area contributed by atoms with Gasteiger partial charge in [-0.2, -0.15) is 0 Å². The van der Waals surface area contributed by atoms with Crippen molar-refractivity contribution in [2.75, 3.05) is 13.6 Å². The van der Waals surface area contributed by atoms with Crippen LogP contribution in [-0.2, 0) is 7.05 Å². The van der Waals surface area contributed by atoms with Crippen LogP contribution in [0.15, 0.2) is 12.3 Å². The van der Waals surface area contributed by atoms with E-state index in [1.165, 1.54) is 0 Å². The first-order valence-electron chi connectivity index (χ1n) is 4.76. The highest BCUT2D eigenvalue weighted by molar-refractivity contribution is 6.31. The van der Waals surface area contributed by atoms with Gasteiger partial charge in [0.05, 0.1) is 5.02 Å². The molecule has 1 aromatic rings. The first-order valence-corrected chi connectivity index (χ1v) is 5.14. The van der Waals surface area contributed by atoms with Crippen LogP contribution < -0.4 is 5.73 Å². The number of nitrogens with zero attached hydrogens (tertiary/aromatic N) is 2. The fourth-order valence-electron chi connectivity index (χ4n) is 1.28. The molecule has 0 aliphatic carbocycles. The Morgan fingerprint density at radius 3 is 2.73 bits per heavy atom. The minimum Gasteiger partial charge on any atom is -0.345 e. The third kappa shape index (κ3) is 2.52. The van der Waals surface area contributed by atoms with Gasteiger partial charge in [-0.15, -0.1) is 0 Å². The fourth-order valence-corrected chi connectivity index (χ4v) is 1.53. The summed E-state index contributed by atoms with van der Waals surface area (Å²) in [6.45, 7) is 2.35. The van der Waals surface area contributed by atoms with Gasteiger partial charge in [0.1, 0.15) is 5.69 Å². The van der Waals surface area contributed by atoms with Crippen LogP contribution in [0.5, 0.6) is 0 Å². The van der Waals surface area contributed by atoms with E-state index in [2.05, 4.69) is 0 Å². The van der Waals surface area contributed by atoms with E-state index in [4.69, 9.17) is 17.3 Å². The van der Waals surface area contributed by atoms with E-state index in [9.17, 15) is 4.79 Å². The molecular weight excluding hydrogens is 214 g/mol. The maximum Gasteiger partial charge on any atom is 0.270 e. The lowest BCUT2D eigenvalue weighted by Crippen LogP contribution is -2.40. The van der Waals surface area contributed by atoms with E-state index >= 15 is 0 Å². The molecule has 0 spiro atoms. The summed E-state index contributed by atoms with van der Waals surface area (Å²) in [7, 11) is 3.53. The van der Waals surface area contributed by atoms with Crippen molar-refractivity contribution in [1.29, 1.82) is 0 Å². The van der Waals surface area contributed by atoms with Gasteiger partial charge < -0.3 is 15.2 Å². The summed E-state index contributed by atoms with van der Waals surface area (Å²) < 4.78 is 1.71. The number of aryl methyl sites for hydroxylation is 1. The summed E-state index contributed by atoms with van der Waals surface area (Å²) in [4.78, 5) is 13.6. The normalized spacial score (nSPS) is 12.6. The van der Waals surface area contributed by atoms with Gasteiger partial charge in [-0.05, 0) is 13.0 Å². The molecule has 84 valence electrons. The van der Waals surface area contributed by atoms with E-state index in [0.717, 1.165) is 0 Å². The monoisotopic (exact) mass is 229 g/mol. The lowest BCUT2D eigenvalue weighted by Gasteiger charge is -2.23. The van der Waals surface area contributed by atoms with Crippen molar-refractivity contribution in [2.45, 2.75) is 13.0 Å². The molecule has 1 heterocycles. The molecule has 0 bridgehead atoms. The Kier molecular flexibility index (Phi) is 3.77. The van der Waals surface area contributed by atoms with E-state index in [1.54, 1.807) is 35.8 Å². The van der Waals surface area contributed by atoms with Gasteiger partial charge >= 0.3 is 0 Å². The number of hydrogen-bond donors (Lipinski definition) is 1. The van der Waals surface area contributed by atoms with Gasteiger partial charge in [0.2, 0.25) is 0 Å². The van der Waals surface area contributed by atoms with Crippen molar-refractivity contribution in [3.63, 3.8) is 0 Å². The largest absolute Gasteiger partial charge is 0.345 e. The van der Waals surface area contributed by atoms with Gasteiger partial charge in [-0.1, -0.05) is 11.6 Å². The Bertz CT molecular complexity index is 362. The summed E-state index contributed by atoms with van der Waals surface area (Å²) in [5.74, 6) is -0.0673. The lowest BCUT2D eigenvalue weighted by atomic mass is 10.2. The molecule has 0 saturated carbocycles. The molecule has 1 amide bonds. The molecule has 1 rings (SSSR count). The molecule has 0 fully saturated rings. The van der Waals surface area contributed by atoms with Crippen molar-refractivity contribution in [3.8, 4) is 0 Å². The number of likely N-dealkylation sites (N-methyl/N-ethyl adjacent to an activating group) is 1. The number of nitrogens with two attached hydrogens (primary N) is 1.